The molecule has 0 saturated heterocycles. The molecule has 2 aromatic rings. The van der Waals surface area contributed by atoms with E-state index in [1.165, 1.54) is 0 Å². The third kappa shape index (κ3) is 4.54. The average molecular weight is 359 g/mol. The number of furan rings is 1. The van der Waals surface area contributed by atoms with Gasteiger partial charge in [0.1, 0.15) is 23.9 Å². The zero-order chi connectivity index (χ0) is 14.5. The van der Waals surface area contributed by atoms with E-state index in [9.17, 15) is 0 Å². The van der Waals surface area contributed by atoms with Crippen LogP contribution in [-0.2, 0) is 13.2 Å². The minimum absolute atomic E-state index is 0.391. The van der Waals surface area contributed by atoms with Crippen molar-refractivity contribution in [3.8, 4) is 5.75 Å². The highest BCUT2D eigenvalue weighted by Crippen LogP contribution is 2.28. The molecule has 0 fully saturated rings. The molecule has 0 aliphatic carbocycles. The van der Waals surface area contributed by atoms with Gasteiger partial charge in [0, 0.05) is 11.1 Å². The summed E-state index contributed by atoms with van der Waals surface area (Å²) in [6.45, 7) is 5.32. The van der Waals surface area contributed by atoms with Gasteiger partial charge in [-0.05, 0) is 46.3 Å². The van der Waals surface area contributed by atoms with Crippen LogP contribution in [0, 0.1) is 0 Å². The standard InChI is InChI=1S/C15H17BrClNO2/c1-10(2)18-8-12-4-5-13(20-12)9-19-15-6-3-11(17)7-14(15)16/h3-7,10,18H,8-9H2,1-2H3. The summed E-state index contributed by atoms with van der Waals surface area (Å²) < 4.78 is 12.2. The second kappa shape index (κ2) is 7.16. The van der Waals surface area contributed by atoms with Crippen molar-refractivity contribution in [1.29, 1.82) is 0 Å². The maximum absolute atomic E-state index is 5.89. The van der Waals surface area contributed by atoms with E-state index < -0.39 is 0 Å². The van der Waals surface area contributed by atoms with Gasteiger partial charge in [-0.3, -0.25) is 0 Å². The molecule has 0 radical (unpaired) electrons. The Hall–Kier alpha value is -0.970. The minimum atomic E-state index is 0.391. The lowest BCUT2D eigenvalue weighted by Gasteiger charge is -2.07. The molecule has 2 rings (SSSR count). The molecule has 5 heteroatoms. The molecule has 0 amide bonds. The highest BCUT2D eigenvalue weighted by atomic mass is 79.9. The van der Waals surface area contributed by atoms with E-state index in [0.717, 1.165) is 28.3 Å². The van der Waals surface area contributed by atoms with Crippen LogP contribution < -0.4 is 10.1 Å². The first-order valence-electron chi connectivity index (χ1n) is 6.43. The van der Waals surface area contributed by atoms with Crippen molar-refractivity contribution in [1.82, 2.24) is 5.32 Å². The predicted octanol–water partition coefficient (Wildman–Crippen LogP) is 4.77. The molecule has 0 atom stereocenters. The lowest BCUT2D eigenvalue weighted by atomic mass is 10.3. The van der Waals surface area contributed by atoms with Crippen LogP contribution in [-0.4, -0.2) is 6.04 Å². The number of hydrogen-bond acceptors (Lipinski definition) is 3. The number of nitrogens with one attached hydrogen (secondary N) is 1. The van der Waals surface area contributed by atoms with E-state index >= 15 is 0 Å². The number of benzene rings is 1. The van der Waals surface area contributed by atoms with Crippen molar-refractivity contribution >= 4 is 27.5 Å². The Morgan fingerprint density at radius 3 is 2.70 bits per heavy atom. The topological polar surface area (TPSA) is 34.4 Å². The quantitative estimate of drug-likeness (QED) is 0.807. The predicted molar refractivity (Wildman–Crippen MR) is 84.2 cm³/mol. The summed E-state index contributed by atoms with van der Waals surface area (Å²) in [4.78, 5) is 0. The van der Waals surface area contributed by atoms with Crippen LogP contribution in [0.15, 0.2) is 39.2 Å². The molecule has 0 bridgehead atoms. The van der Waals surface area contributed by atoms with E-state index in [1.807, 2.05) is 18.2 Å². The van der Waals surface area contributed by atoms with Crippen LogP contribution in [0.5, 0.6) is 5.75 Å². The van der Waals surface area contributed by atoms with Gasteiger partial charge in [0.15, 0.2) is 0 Å². The van der Waals surface area contributed by atoms with Crippen molar-refractivity contribution in [2.45, 2.75) is 33.0 Å². The van der Waals surface area contributed by atoms with Crippen LogP contribution in [0.3, 0.4) is 0 Å². The lowest BCUT2D eigenvalue weighted by Crippen LogP contribution is -2.21. The highest BCUT2D eigenvalue weighted by Gasteiger charge is 2.06. The van der Waals surface area contributed by atoms with Crippen LogP contribution >= 0.6 is 27.5 Å². The molecule has 20 heavy (non-hydrogen) atoms. The van der Waals surface area contributed by atoms with Gasteiger partial charge in [-0.15, -0.1) is 0 Å². The number of halogens is 2. The first-order chi connectivity index (χ1) is 9.54. The molecule has 0 aliphatic rings. The minimum Gasteiger partial charge on any atom is -0.484 e. The monoisotopic (exact) mass is 357 g/mol. The summed E-state index contributed by atoms with van der Waals surface area (Å²) >= 11 is 9.30. The Bertz CT molecular complexity index is 569. The molecule has 1 aromatic carbocycles. The summed E-state index contributed by atoms with van der Waals surface area (Å²) in [7, 11) is 0. The third-order valence-electron chi connectivity index (χ3n) is 2.67. The Labute approximate surface area is 132 Å². The molecule has 1 aromatic heterocycles. The van der Waals surface area contributed by atoms with Gasteiger partial charge >= 0.3 is 0 Å². The molecule has 108 valence electrons. The van der Waals surface area contributed by atoms with Gasteiger partial charge in [0.25, 0.3) is 0 Å². The van der Waals surface area contributed by atoms with Gasteiger partial charge in [-0.25, -0.2) is 0 Å². The number of hydrogen-bond donors (Lipinski definition) is 1. The van der Waals surface area contributed by atoms with Crippen molar-refractivity contribution in [3.05, 3.63) is 51.3 Å². The average Bonchev–Trinajstić information content (AvgIpc) is 2.83. The Morgan fingerprint density at radius 2 is 2.00 bits per heavy atom. The van der Waals surface area contributed by atoms with Gasteiger partial charge in [-0.2, -0.15) is 0 Å². The van der Waals surface area contributed by atoms with Gasteiger partial charge < -0.3 is 14.5 Å². The van der Waals surface area contributed by atoms with E-state index in [0.29, 0.717) is 17.7 Å². The fourth-order valence-corrected chi connectivity index (χ4v) is 2.44. The van der Waals surface area contributed by atoms with Crippen molar-refractivity contribution < 1.29 is 9.15 Å². The van der Waals surface area contributed by atoms with Gasteiger partial charge in [0.05, 0.1) is 11.0 Å². The highest BCUT2D eigenvalue weighted by molar-refractivity contribution is 9.10. The smallest absolute Gasteiger partial charge is 0.146 e. The van der Waals surface area contributed by atoms with Crippen LogP contribution in [0.2, 0.25) is 5.02 Å². The first-order valence-corrected chi connectivity index (χ1v) is 7.60. The van der Waals surface area contributed by atoms with Crippen LogP contribution in [0.4, 0.5) is 0 Å². The van der Waals surface area contributed by atoms with Gasteiger partial charge in [-0.1, -0.05) is 25.4 Å². The van der Waals surface area contributed by atoms with Crippen LogP contribution in [0.1, 0.15) is 25.4 Å². The largest absolute Gasteiger partial charge is 0.484 e. The summed E-state index contributed by atoms with van der Waals surface area (Å²) in [5.74, 6) is 2.45. The van der Waals surface area contributed by atoms with E-state index in [2.05, 4.69) is 35.1 Å². The molecule has 0 unspecified atom stereocenters. The molecule has 3 nitrogen and oxygen atoms in total. The Balaban J connectivity index is 1.90. The number of ether oxygens (including phenoxy) is 1. The molecule has 0 saturated carbocycles. The molecule has 0 spiro atoms. The summed E-state index contributed by atoms with van der Waals surface area (Å²) in [5.41, 5.74) is 0. The van der Waals surface area contributed by atoms with Crippen molar-refractivity contribution in [2.24, 2.45) is 0 Å². The normalized spacial score (nSPS) is 11.1. The maximum atomic E-state index is 5.89. The molecule has 1 heterocycles. The van der Waals surface area contributed by atoms with Crippen LogP contribution in [0.25, 0.3) is 0 Å². The first kappa shape index (κ1) is 15.4. The summed E-state index contributed by atoms with van der Waals surface area (Å²) in [6.07, 6.45) is 0. The van der Waals surface area contributed by atoms with E-state index in [1.54, 1.807) is 12.1 Å². The zero-order valence-corrected chi connectivity index (χ0v) is 13.8. The van der Waals surface area contributed by atoms with E-state index in [-0.39, 0.29) is 0 Å². The fourth-order valence-electron chi connectivity index (χ4n) is 1.64. The Morgan fingerprint density at radius 1 is 1.25 bits per heavy atom. The third-order valence-corrected chi connectivity index (χ3v) is 3.52. The van der Waals surface area contributed by atoms with Crippen molar-refractivity contribution in [3.63, 3.8) is 0 Å². The summed E-state index contributed by atoms with van der Waals surface area (Å²) in [5, 5.41) is 3.98. The van der Waals surface area contributed by atoms with E-state index in [4.69, 9.17) is 20.8 Å². The molecular formula is C15H17BrClNO2. The second-order valence-corrected chi connectivity index (χ2v) is 6.06. The molecular weight excluding hydrogens is 342 g/mol. The second-order valence-electron chi connectivity index (χ2n) is 4.77. The number of rotatable bonds is 6. The summed E-state index contributed by atoms with van der Waals surface area (Å²) in [6, 6.07) is 9.76. The zero-order valence-electron chi connectivity index (χ0n) is 11.5. The Kier molecular flexibility index (Phi) is 5.52. The SMILES string of the molecule is CC(C)NCc1ccc(COc2ccc(Cl)cc2Br)o1. The van der Waals surface area contributed by atoms with Gasteiger partial charge in [0.2, 0.25) is 0 Å². The lowest BCUT2D eigenvalue weighted by molar-refractivity contribution is 0.263. The maximum Gasteiger partial charge on any atom is 0.146 e. The van der Waals surface area contributed by atoms with Crippen molar-refractivity contribution in [2.75, 3.05) is 0 Å². The molecule has 0 aliphatic heterocycles. The molecule has 1 N–H and O–H groups in total. The fraction of sp³-hybridized carbons (Fsp3) is 0.333.